The third kappa shape index (κ3) is 4.45. The van der Waals surface area contributed by atoms with Crippen LogP contribution in [0.25, 0.3) is 0 Å². The molecule has 1 nitrogen and oxygen atoms in total. The van der Waals surface area contributed by atoms with Gasteiger partial charge in [0.15, 0.2) is 0 Å². The molecule has 1 aromatic carbocycles. The highest BCUT2D eigenvalue weighted by atomic mass is 35.5. The van der Waals surface area contributed by atoms with Gasteiger partial charge in [-0.15, -0.1) is 0 Å². The molecule has 0 saturated heterocycles. The van der Waals surface area contributed by atoms with E-state index < -0.39 is 0 Å². The van der Waals surface area contributed by atoms with Gasteiger partial charge in [0.2, 0.25) is 0 Å². The molecule has 2 aliphatic rings. The molecule has 0 heterocycles. The second-order valence-corrected chi connectivity index (χ2v) is 4.30. The fraction of sp³-hybridized carbons (Fsp3) is 0.333. The molecule has 78 valence electrons. The molecule has 3 rings (SSSR count). The summed E-state index contributed by atoms with van der Waals surface area (Å²) in [4.78, 5) is 0. The predicted octanol–water partition coefficient (Wildman–Crippen LogP) is -0.569. The van der Waals surface area contributed by atoms with Gasteiger partial charge in [-0.25, -0.2) is 0 Å². The highest BCUT2D eigenvalue weighted by molar-refractivity contribution is 5.37. The minimum atomic E-state index is 0. The monoisotopic (exact) mass is 211 g/mol. The average Bonchev–Trinajstić information content (AvgIpc) is 2.04. The van der Waals surface area contributed by atoms with Crippen molar-refractivity contribution in [3.05, 3.63) is 48.2 Å². The zero-order valence-corrected chi connectivity index (χ0v) is 9.88. The van der Waals surface area contributed by atoms with Crippen LogP contribution in [0.3, 0.4) is 0 Å². The van der Waals surface area contributed by atoms with E-state index in [0.717, 1.165) is 4.48 Å². The Kier molecular flexibility index (Phi) is 4.89. The van der Waals surface area contributed by atoms with Gasteiger partial charge >= 0.3 is 0 Å². The molecule has 2 bridgehead atoms. The van der Waals surface area contributed by atoms with E-state index in [2.05, 4.69) is 52.0 Å². The van der Waals surface area contributed by atoms with Gasteiger partial charge < -0.3 is 16.9 Å². The number of hydrogen-bond acceptors (Lipinski definition) is 0. The van der Waals surface area contributed by atoms with Crippen LogP contribution >= 0.6 is 0 Å². The van der Waals surface area contributed by atoms with E-state index in [1.165, 1.54) is 17.5 Å². The van der Waals surface area contributed by atoms with Crippen LogP contribution in [0.5, 0.6) is 0 Å². The SMILES string of the molecule is C=C[N+](C)(C)C.[Cl-].c1cc2cc(c1)C2. The lowest BCUT2D eigenvalue weighted by molar-refractivity contribution is -0.816. The molecule has 0 spiro atoms. The Morgan fingerprint density at radius 2 is 1.57 bits per heavy atom. The molecule has 0 N–H and O–H groups in total. The number of halogens is 1. The van der Waals surface area contributed by atoms with E-state index in [-0.39, 0.29) is 12.4 Å². The molecular weight excluding hydrogens is 194 g/mol. The van der Waals surface area contributed by atoms with Gasteiger partial charge in [0.25, 0.3) is 0 Å². The Balaban J connectivity index is 0.000000230. The van der Waals surface area contributed by atoms with Gasteiger partial charge in [-0.05, 0) is 24.1 Å². The first-order valence-electron chi connectivity index (χ1n) is 4.54. The molecule has 0 aliphatic heterocycles. The first-order valence-corrected chi connectivity index (χ1v) is 4.54. The topological polar surface area (TPSA) is 0 Å². The molecule has 0 saturated carbocycles. The predicted molar refractivity (Wildman–Crippen MR) is 57.5 cm³/mol. The molecule has 0 atom stereocenters. The summed E-state index contributed by atoms with van der Waals surface area (Å²) >= 11 is 0. The van der Waals surface area contributed by atoms with Crippen molar-refractivity contribution < 1.29 is 16.9 Å². The van der Waals surface area contributed by atoms with E-state index in [4.69, 9.17) is 0 Å². The summed E-state index contributed by atoms with van der Waals surface area (Å²) in [5.41, 5.74) is 2.97. The zero-order chi connectivity index (χ0) is 9.90. The standard InChI is InChI=1S/C7H6.C5H12N.ClH/c1-2-6-4-7(3-1)5-6;1-5-6(2,3)4;/h1-4H,5H2;5H,1H2,2-4H3;1H/q;+1;/p-1. The number of rotatable bonds is 1. The Labute approximate surface area is 93.1 Å². The summed E-state index contributed by atoms with van der Waals surface area (Å²) in [7, 11) is 6.19. The maximum absolute atomic E-state index is 3.60. The van der Waals surface area contributed by atoms with Gasteiger partial charge in [-0.1, -0.05) is 24.3 Å². The fourth-order valence-corrected chi connectivity index (χ4v) is 0.954. The lowest BCUT2D eigenvalue weighted by atomic mass is 9.94. The first-order chi connectivity index (χ1) is 6.01. The Bertz CT molecular complexity index is 275. The van der Waals surface area contributed by atoms with Gasteiger partial charge in [-0.3, -0.25) is 0 Å². The van der Waals surface area contributed by atoms with Crippen LogP contribution in [0.15, 0.2) is 37.0 Å². The molecule has 1 aromatic rings. The average molecular weight is 212 g/mol. The quantitative estimate of drug-likeness (QED) is 0.555. The minimum Gasteiger partial charge on any atom is -1.00 e. The summed E-state index contributed by atoms with van der Waals surface area (Å²) in [6, 6.07) is 8.65. The van der Waals surface area contributed by atoms with Crippen molar-refractivity contribution in [2.75, 3.05) is 21.1 Å². The first kappa shape index (κ1) is 13.2. The third-order valence-corrected chi connectivity index (χ3v) is 1.95. The summed E-state index contributed by atoms with van der Waals surface area (Å²) in [5.74, 6) is 0. The highest BCUT2D eigenvalue weighted by Crippen LogP contribution is 2.18. The number of quaternary nitrogens is 1. The van der Waals surface area contributed by atoms with Crippen LogP contribution in [-0.4, -0.2) is 25.6 Å². The lowest BCUT2D eigenvalue weighted by Gasteiger charge is -2.15. The number of fused-ring (bicyclic) bond motifs is 2. The molecular formula is C12H18ClN. The molecule has 0 aromatic heterocycles. The second kappa shape index (κ2) is 5.18. The van der Waals surface area contributed by atoms with Crippen molar-refractivity contribution in [2.45, 2.75) is 6.42 Å². The number of hydrogen-bond donors (Lipinski definition) is 0. The smallest absolute Gasteiger partial charge is 0.0879 e. The van der Waals surface area contributed by atoms with E-state index in [1.807, 2.05) is 6.20 Å². The fourth-order valence-electron chi connectivity index (χ4n) is 0.954. The molecule has 2 heteroatoms. The van der Waals surface area contributed by atoms with Gasteiger partial charge in [0.1, 0.15) is 0 Å². The van der Waals surface area contributed by atoms with E-state index in [1.54, 1.807) is 0 Å². The largest absolute Gasteiger partial charge is 1.00 e. The van der Waals surface area contributed by atoms with Crippen molar-refractivity contribution >= 4 is 0 Å². The van der Waals surface area contributed by atoms with Crippen LogP contribution in [0.4, 0.5) is 0 Å². The lowest BCUT2D eigenvalue weighted by Crippen LogP contribution is -3.00. The van der Waals surface area contributed by atoms with E-state index in [9.17, 15) is 0 Å². The summed E-state index contributed by atoms with van der Waals surface area (Å²) < 4.78 is 0.833. The maximum atomic E-state index is 3.60. The van der Waals surface area contributed by atoms with Crippen molar-refractivity contribution in [3.8, 4) is 0 Å². The van der Waals surface area contributed by atoms with Crippen LogP contribution < -0.4 is 12.4 Å². The maximum Gasteiger partial charge on any atom is 0.0879 e. The second-order valence-electron chi connectivity index (χ2n) is 4.30. The summed E-state index contributed by atoms with van der Waals surface area (Å²) in [5, 5.41) is 0. The van der Waals surface area contributed by atoms with Crippen molar-refractivity contribution in [1.29, 1.82) is 0 Å². The van der Waals surface area contributed by atoms with Gasteiger partial charge in [-0.2, -0.15) is 0 Å². The Morgan fingerprint density at radius 1 is 1.21 bits per heavy atom. The Hall–Kier alpha value is -0.790. The summed E-state index contributed by atoms with van der Waals surface area (Å²) in [6.45, 7) is 3.60. The van der Waals surface area contributed by atoms with Gasteiger partial charge in [0.05, 0.1) is 27.3 Å². The summed E-state index contributed by atoms with van der Waals surface area (Å²) in [6.07, 6.45) is 3.09. The Morgan fingerprint density at radius 3 is 1.64 bits per heavy atom. The van der Waals surface area contributed by atoms with E-state index in [0.29, 0.717) is 0 Å². The minimum absolute atomic E-state index is 0. The van der Waals surface area contributed by atoms with Crippen molar-refractivity contribution in [2.24, 2.45) is 0 Å². The normalized spacial score (nSPS) is 11.4. The van der Waals surface area contributed by atoms with E-state index >= 15 is 0 Å². The van der Waals surface area contributed by atoms with Crippen LogP contribution in [0.2, 0.25) is 0 Å². The number of nitrogens with zero attached hydrogens (tertiary/aromatic N) is 1. The van der Waals surface area contributed by atoms with Crippen molar-refractivity contribution in [3.63, 3.8) is 0 Å². The molecule has 0 unspecified atom stereocenters. The zero-order valence-electron chi connectivity index (χ0n) is 9.13. The third-order valence-electron chi connectivity index (χ3n) is 1.95. The van der Waals surface area contributed by atoms with Crippen LogP contribution in [0, 0.1) is 0 Å². The molecule has 2 aliphatic carbocycles. The van der Waals surface area contributed by atoms with Crippen molar-refractivity contribution in [1.82, 2.24) is 0 Å². The number of benzene rings is 1. The molecule has 0 amide bonds. The van der Waals surface area contributed by atoms with Crippen LogP contribution in [-0.2, 0) is 6.42 Å². The molecule has 0 radical (unpaired) electrons. The highest BCUT2D eigenvalue weighted by Gasteiger charge is 2.04. The molecule has 0 fully saturated rings. The van der Waals surface area contributed by atoms with Gasteiger partial charge in [0, 0.05) is 0 Å². The van der Waals surface area contributed by atoms with Crippen LogP contribution in [0.1, 0.15) is 11.1 Å². The molecule has 14 heavy (non-hydrogen) atoms.